The summed E-state index contributed by atoms with van der Waals surface area (Å²) in [6.07, 6.45) is -13.8. The Morgan fingerprint density at radius 3 is 2.21 bits per heavy atom. The topological polar surface area (TPSA) is 194 Å². The number of rotatable bonds is 6. The van der Waals surface area contributed by atoms with Crippen LogP contribution in [0.25, 0.3) is 10.9 Å². The highest BCUT2D eigenvalue weighted by Crippen LogP contribution is 2.35. The van der Waals surface area contributed by atoms with Gasteiger partial charge in [0.1, 0.15) is 54.6 Å². The number of fused-ring (bicyclic) bond motifs is 1. The minimum atomic E-state index is -1.74. The van der Waals surface area contributed by atoms with Crippen LogP contribution in [0.1, 0.15) is 0 Å². The number of H-pyrrole nitrogens is 1. The predicted octanol–water partition coefficient (Wildman–Crippen LogP) is -1.41. The zero-order valence-corrected chi connectivity index (χ0v) is 19.8. The van der Waals surface area contributed by atoms with Crippen molar-refractivity contribution in [2.24, 2.45) is 0 Å². The Morgan fingerprint density at radius 2 is 1.53 bits per heavy atom. The van der Waals surface area contributed by atoms with E-state index in [4.69, 9.17) is 30.5 Å². The summed E-state index contributed by atoms with van der Waals surface area (Å²) in [5.74, 6) is 0.286. The molecule has 3 heterocycles. The van der Waals surface area contributed by atoms with E-state index >= 15 is 0 Å². The van der Waals surface area contributed by atoms with Crippen LogP contribution in [0.3, 0.4) is 0 Å². The van der Waals surface area contributed by atoms with Gasteiger partial charge < -0.3 is 59.7 Å². The van der Waals surface area contributed by atoms with Gasteiger partial charge in [-0.1, -0.05) is 11.6 Å². The molecule has 2 aliphatic heterocycles. The van der Waals surface area contributed by atoms with Gasteiger partial charge in [-0.2, -0.15) is 0 Å². The van der Waals surface area contributed by atoms with Crippen LogP contribution in [-0.2, 0) is 14.2 Å². The number of benzene rings is 1. The van der Waals surface area contributed by atoms with Crippen molar-refractivity contribution in [2.75, 3.05) is 13.2 Å². The fraction of sp³-hybridized carbons (Fsp3) is 0.600. The number of halogens is 2. The van der Waals surface area contributed by atoms with Gasteiger partial charge in [0, 0.05) is 16.1 Å². The molecule has 0 bridgehead atoms. The number of hydrogen-bond acceptors (Lipinski definition) is 11. The smallest absolute Gasteiger partial charge is 0.229 e. The molecule has 0 saturated carbocycles. The van der Waals surface area contributed by atoms with Crippen molar-refractivity contribution in [2.45, 2.75) is 61.4 Å². The van der Waals surface area contributed by atoms with Gasteiger partial charge in [0.05, 0.1) is 23.8 Å². The molecule has 2 aromatic rings. The molecule has 0 aliphatic carbocycles. The normalized spacial score (nSPS) is 38.9. The third kappa shape index (κ3) is 4.81. The van der Waals surface area contributed by atoms with Gasteiger partial charge in [-0.15, -0.1) is 0 Å². The summed E-state index contributed by atoms with van der Waals surface area (Å²) in [6, 6.07) is 3.37. The van der Waals surface area contributed by atoms with E-state index in [-0.39, 0.29) is 5.75 Å². The quantitative estimate of drug-likeness (QED) is 0.203. The van der Waals surface area contributed by atoms with Crippen molar-refractivity contribution in [3.8, 4) is 5.75 Å². The van der Waals surface area contributed by atoms with Crippen molar-refractivity contribution in [1.29, 1.82) is 0 Å². The van der Waals surface area contributed by atoms with Gasteiger partial charge in [-0.05, 0) is 28.1 Å². The zero-order chi connectivity index (χ0) is 24.7. The molecule has 0 spiro atoms. The second-order valence-corrected chi connectivity index (χ2v) is 9.35. The Labute approximate surface area is 206 Å². The van der Waals surface area contributed by atoms with Crippen molar-refractivity contribution in [1.82, 2.24) is 4.98 Å². The first kappa shape index (κ1) is 26.0. The third-order valence-corrected chi connectivity index (χ3v) is 7.09. The average Bonchev–Trinajstić information content (AvgIpc) is 3.19. The number of nitrogens with one attached hydrogen (secondary N) is 1. The first-order chi connectivity index (χ1) is 16.2. The Balaban J connectivity index is 1.50. The number of hydrogen-bond donors (Lipinski definition) is 8. The summed E-state index contributed by atoms with van der Waals surface area (Å²) in [7, 11) is 0. The fourth-order valence-corrected chi connectivity index (χ4v) is 4.47. The van der Waals surface area contributed by atoms with E-state index in [9.17, 15) is 35.7 Å². The van der Waals surface area contributed by atoms with Crippen LogP contribution in [-0.4, -0.2) is 115 Å². The van der Waals surface area contributed by atoms with Crippen LogP contribution < -0.4 is 4.74 Å². The molecule has 0 amide bonds. The Bertz CT molecular complexity index is 991. The molecular formula is C20H25BrClNO11. The van der Waals surface area contributed by atoms with Gasteiger partial charge in [0.2, 0.25) is 6.29 Å². The van der Waals surface area contributed by atoms with Crippen molar-refractivity contribution in [3.63, 3.8) is 0 Å². The molecule has 8 N–H and O–H groups in total. The lowest BCUT2D eigenvalue weighted by Gasteiger charge is -2.45. The van der Waals surface area contributed by atoms with Gasteiger partial charge in [0.15, 0.2) is 6.29 Å². The number of aliphatic hydroxyl groups is 7. The van der Waals surface area contributed by atoms with Crippen LogP contribution in [0.4, 0.5) is 0 Å². The molecule has 10 atom stereocenters. The number of aliphatic hydroxyl groups excluding tert-OH is 7. The summed E-state index contributed by atoms with van der Waals surface area (Å²) in [5, 5.41) is 71.6. The minimum absolute atomic E-state index is 0.286. The molecule has 2 fully saturated rings. The maximum atomic E-state index is 10.7. The van der Waals surface area contributed by atoms with Crippen molar-refractivity contribution < 1.29 is 54.7 Å². The lowest BCUT2D eigenvalue weighted by molar-refractivity contribution is -0.352. The molecule has 14 heteroatoms. The van der Waals surface area contributed by atoms with Crippen molar-refractivity contribution >= 4 is 38.4 Å². The SMILES string of the molecule is OC[C@H]1O[C@@H](O[C@H]2[C@H](O)[C@@H](O)[C@H](Oc3c[nH]c4cc(Cl)c(Br)cc34)O[C@@H]2CO)[C@H](O)[C@@H](O)[C@@H]1O. The Morgan fingerprint density at radius 1 is 0.882 bits per heavy atom. The van der Waals surface area contributed by atoms with E-state index in [1.165, 1.54) is 6.20 Å². The molecule has 2 saturated heterocycles. The molecule has 12 nitrogen and oxygen atoms in total. The number of aromatic amines is 1. The van der Waals surface area contributed by atoms with Gasteiger partial charge in [-0.3, -0.25) is 0 Å². The summed E-state index contributed by atoms with van der Waals surface area (Å²) < 4.78 is 22.8. The zero-order valence-electron chi connectivity index (χ0n) is 17.4. The largest absolute Gasteiger partial charge is 0.460 e. The third-order valence-electron chi connectivity index (χ3n) is 5.89. The molecule has 1 aromatic heterocycles. The summed E-state index contributed by atoms with van der Waals surface area (Å²) in [6.45, 7) is -1.34. The molecule has 0 radical (unpaired) electrons. The second kappa shape index (κ2) is 10.5. The first-order valence-corrected chi connectivity index (χ1v) is 11.5. The molecular weight excluding hydrogens is 546 g/mol. The number of ether oxygens (including phenoxy) is 4. The Hall–Kier alpha value is -1.07. The first-order valence-electron chi connectivity index (χ1n) is 10.4. The monoisotopic (exact) mass is 569 g/mol. The highest BCUT2D eigenvalue weighted by Gasteiger charge is 2.51. The summed E-state index contributed by atoms with van der Waals surface area (Å²) in [5.41, 5.74) is 0.650. The van der Waals surface area contributed by atoms with Crippen LogP contribution in [0.15, 0.2) is 22.8 Å². The lowest BCUT2D eigenvalue weighted by atomic mass is 9.97. The van der Waals surface area contributed by atoms with Crippen LogP contribution in [0.5, 0.6) is 5.75 Å². The Kier molecular flexibility index (Phi) is 8.03. The maximum Gasteiger partial charge on any atom is 0.229 e. The van der Waals surface area contributed by atoms with Crippen LogP contribution in [0, 0.1) is 0 Å². The minimum Gasteiger partial charge on any atom is -0.460 e. The highest BCUT2D eigenvalue weighted by molar-refractivity contribution is 9.10. The van der Waals surface area contributed by atoms with E-state index < -0.39 is 74.6 Å². The van der Waals surface area contributed by atoms with Crippen molar-refractivity contribution in [3.05, 3.63) is 27.8 Å². The molecule has 2 aliphatic rings. The molecule has 34 heavy (non-hydrogen) atoms. The predicted molar refractivity (Wildman–Crippen MR) is 118 cm³/mol. The number of aromatic nitrogens is 1. The van der Waals surface area contributed by atoms with Gasteiger partial charge >= 0.3 is 0 Å². The van der Waals surface area contributed by atoms with Gasteiger partial charge in [-0.25, -0.2) is 0 Å². The molecule has 190 valence electrons. The molecule has 4 rings (SSSR count). The second-order valence-electron chi connectivity index (χ2n) is 8.09. The maximum absolute atomic E-state index is 10.7. The standard InChI is InChI=1S/C20H25BrClNO11/c21-7-1-6-9(2-8(7)22)23-3-10(6)31-19-17(30)15(28)18(12(5-25)33-19)34-20-16(29)14(27)13(26)11(4-24)32-20/h1-3,11-20,23-30H,4-5H2/t11-,12-,13-,14+,15-,16-,17-,18-,19-,20+/m1/s1. The summed E-state index contributed by atoms with van der Waals surface area (Å²) >= 11 is 9.42. The van der Waals surface area contributed by atoms with E-state index in [1.807, 2.05) is 0 Å². The fourth-order valence-electron chi connectivity index (χ4n) is 3.97. The molecule has 0 unspecified atom stereocenters. The molecule has 1 aromatic carbocycles. The van der Waals surface area contributed by atoms with E-state index in [0.29, 0.717) is 20.4 Å². The van der Waals surface area contributed by atoms with Gasteiger partial charge in [0.25, 0.3) is 0 Å². The van der Waals surface area contributed by atoms with Crippen LogP contribution >= 0.6 is 27.5 Å². The van der Waals surface area contributed by atoms with E-state index in [0.717, 1.165) is 0 Å². The van der Waals surface area contributed by atoms with E-state index in [2.05, 4.69) is 20.9 Å². The highest BCUT2D eigenvalue weighted by atomic mass is 79.9. The van der Waals surface area contributed by atoms with Crippen LogP contribution in [0.2, 0.25) is 5.02 Å². The summed E-state index contributed by atoms with van der Waals surface area (Å²) in [4.78, 5) is 2.97. The lowest BCUT2D eigenvalue weighted by Crippen LogP contribution is -2.65. The van der Waals surface area contributed by atoms with E-state index in [1.54, 1.807) is 12.1 Å². The average molecular weight is 571 g/mol.